The average Bonchev–Trinajstić information content (AvgIpc) is 2.63. The number of aliphatic hydroxyl groups excluding tert-OH is 2. The van der Waals surface area contributed by atoms with Gasteiger partial charge in [-0.25, -0.2) is 8.42 Å². The van der Waals surface area contributed by atoms with Gasteiger partial charge >= 0.3 is 0 Å². The molecule has 0 amide bonds. The molecule has 0 spiro atoms. The van der Waals surface area contributed by atoms with Crippen molar-refractivity contribution in [2.75, 3.05) is 0 Å². The summed E-state index contributed by atoms with van der Waals surface area (Å²) in [7, 11) is -3.90. The van der Waals surface area contributed by atoms with E-state index in [0.29, 0.717) is 6.42 Å². The predicted molar refractivity (Wildman–Crippen MR) is 102 cm³/mol. The quantitative estimate of drug-likeness (QED) is 0.474. The molecule has 2 atom stereocenters. The van der Waals surface area contributed by atoms with Gasteiger partial charge in [-0.2, -0.15) is 0 Å². The fourth-order valence-electron chi connectivity index (χ4n) is 2.94. The smallest absolute Gasteiger partial charge is 0.207 e. The minimum Gasteiger partial charge on any atom is -0.389 e. The van der Waals surface area contributed by atoms with Crippen molar-refractivity contribution in [3.05, 3.63) is 30.3 Å². The van der Waals surface area contributed by atoms with Crippen LogP contribution in [0.3, 0.4) is 0 Å². The molecule has 0 bridgehead atoms. The maximum atomic E-state index is 12.2. The van der Waals surface area contributed by atoms with Gasteiger partial charge in [0.2, 0.25) is 9.84 Å². The van der Waals surface area contributed by atoms with Gasteiger partial charge in [0, 0.05) is 0 Å². The monoisotopic (exact) mass is 370 g/mol. The van der Waals surface area contributed by atoms with E-state index in [1.54, 1.807) is 18.2 Å². The Morgan fingerprint density at radius 1 is 0.800 bits per heavy atom. The summed E-state index contributed by atoms with van der Waals surface area (Å²) in [5.41, 5.74) is -1.76. The highest BCUT2D eigenvalue weighted by atomic mass is 32.2. The van der Waals surface area contributed by atoms with Crippen molar-refractivity contribution in [2.24, 2.45) is 0 Å². The zero-order chi connectivity index (χ0) is 18.5. The van der Waals surface area contributed by atoms with Gasteiger partial charge in [-0.1, -0.05) is 89.3 Å². The molecule has 144 valence electrons. The summed E-state index contributed by atoms with van der Waals surface area (Å²) in [6, 6.07) is 7.80. The predicted octanol–water partition coefficient (Wildman–Crippen LogP) is 4.45. The maximum absolute atomic E-state index is 12.2. The van der Waals surface area contributed by atoms with E-state index in [9.17, 15) is 18.6 Å². The lowest BCUT2D eigenvalue weighted by atomic mass is 10.0. The van der Waals surface area contributed by atoms with E-state index >= 15 is 0 Å². The molecule has 1 aromatic carbocycles. The summed E-state index contributed by atoms with van der Waals surface area (Å²) in [6.45, 7) is 2.22. The Labute approximate surface area is 153 Å². The van der Waals surface area contributed by atoms with E-state index in [2.05, 4.69) is 6.92 Å². The van der Waals surface area contributed by atoms with Gasteiger partial charge in [-0.15, -0.1) is 0 Å². The van der Waals surface area contributed by atoms with E-state index in [4.69, 9.17) is 0 Å². The SMILES string of the molecule is CCCCCCCCCCCCC(O)C(O)S(=O)(=O)c1ccccc1. The van der Waals surface area contributed by atoms with Crippen molar-refractivity contribution < 1.29 is 18.6 Å². The largest absolute Gasteiger partial charge is 0.389 e. The van der Waals surface area contributed by atoms with Gasteiger partial charge in [-0.05, 0) is 18.6 Å². The highest BCUT2D eigenvalue weighted by Crippen LogP contribution is 2.20. The van der Waals surface area contributed by atoms with Crippen LogP contribution in [-0.2, 0) is 9.84 Å². The van der Waals surface area contributed by atoms with E-state index < -0.39 is 21.4 Å². The molecule has 1 rings (SSSR count). The van der Waals surface area contributed by atoms with E-state index in [1.165, 1.54) is 57.1 Å². The second-order valence-corrected chi connectivity index (χ2v) is 8.83. The van der Waals surface area contributed by atoms with Crippen LogP contribution >= 0.6 is 0 Å². The van der Waals surface area contributed by atoms with Crippen molar-refractivity contribution in [1.82, 2.24) is 0 Å². The fourth-order valence-corrected chi connectivity index (χ4v) is 4.30. The second kappa shape index (κ2) is 12.4. The molecule has 0 aliphatic rings. The lowest BCUT2D eigenvalue weighted by Crippen LogP contribution is -2.34. The van der Waals surface area contributed by atoms with Gasteiger partial charge < -0.3 is 10.2 Å². The van der Waals surface area contributed by atoms with Gasteiger partial charge in [0.25, 0.3) is 0 Å². The first kappa shape index (κ1) is 22.1. The topological polar surface area (TPSA) is 74.6 Å². The van der Waals surface area contributed by atoms with Gasteiger partial charge in [-0.3, -0.25) is 0 Å². The van der Waals surface area contributed by atoms with Gasteiger partial charge in [0.05, 0.1) is 11.0 Å². The summed E-state index contributed by atoms with van der Waals surface area (Å²) in [5, 5.41) is 20.0. The lowest BCUT2D eigenvalue weighted by molar-refractivity contribution is 0.0593. The maximum Gasteiger partial charge on any atom is 0.207 e. The van der Waals surface area contributed by atoms with E-state index in [0.717, 1.165) is 19.3 Å². The molecule has 0 aromatic heterocycles. The summed E-state index contributed by atoms with van der Waals surface area (Å²) in [4.78, 5) is 0.0459. The Kier molecular flexibility index (Phi) is 11.0. The number of unbranched alkanes of at least 4 members (excludes halogenated alkanes) is 9. The molecule has 1 aromatic rings. The first-order valence-electron chi connectivity index (χ1n) is 9.65. The minimum atomic E-state index is -3.90. The fraction of sp³-hybridized carbons (Fsp3) is 0.700. The molecule has 0 aliphatic carbocycles. The van der Waals surface area contributed by atoms with Crippen molar-refractivity contribution in [1.29, 1.82) is 0 Å². The molecule has 0 aliphatic heterocycles. The van der Waals surface area contributed by atoms with Crippen LogP contribution in [0.5, 0.6) is 0 Å². The number of aliphatic hydroxyl groups is 2. The molecule has 0 fully saturated rings. The summed E-state index contributed by atoms with van der Waals surface area (Å²) in [5.74, 6) is 0. The molecule has 0 saturated carbocycles. The minimum absolute atomic E-state index is 0.0459. The van der Waals surface area contributed by atoms with E-state index in [-0.39, 0.29) is 4.90 Å². The molecule has 0 heterocycles. The number of rotatable bonds is 14. The molecule has 5 heteroatoms. The normalized spacial score (nSPS) is 14.4. The van der Waals surface area contributed by atoms with Crippen molar-refractivity contribution in [3.8, 4) is 0 Å². The molecule has 0 saturated heterocycles. The third-order valence-corrected chi connectivity index (χ3v) is 6.45. The molecular weight excluding hydrogens is 336 g/mol. The number of sulfone groups is 1. The van der Waals surface area contributed by atoms with Crippen molar-refractivity contribution in [3.63, 3.8) is 0 Å². The standard InChI is InChI=1S/C20H34O4S/c1-2-3-4-5-6-7-8-9-10-14-17-19(21)20(22)25(23,24)18-15-12-11-13-16-18/h11-13,15-16,19-22H,2-10,14,17H2,1H3. The summed E-state index contributed by atoms with van der Waals surface area (Å²) in [6.07, 6.45) is 10.8. The van der Waals surface area contributed by atoms with Crippen molar-refractivity contribution in [2.45, 2.75) is 94.0 Å². The van der Waals surface area contributed by atoms with Crippen LogP contribution in [0.1, 0.15) is 77.6 Å². The molecule has 4 nitrogen and oxygen atoms in total. The zero-order valence-corrected chi connectivity index (χ0v) is 16.3. The molecule has 2 unspecified atom stereocenters. The van der Waals surface area contributed by atoms with E-state index in [1.807, 2.05) is 0 Å². The Morgan fingerprint density at radius 2 is 1.28 bits per heavy atom. The third kappa shape index (κ3) is 8.34. The van der Waals surface area contributed by atoms with Crippen LogP contribution < -0.4 is 0 Å². The first-order chi connectivity index (χ1) is 12.0. The number of hydrogen-bond donors (Lipinski definition) is 2. The summed E-state index contributed by atoms with van der Waals surface area (Å²) < 4.78 is 24.5. The highest BCUT2D eigenvalue weighted by Gasteiger charge is 2.31. The number of benzene rings is 1. The first-order valence-corrected chi connectivity index (χ1v) is 11.2. The van der Waals surface area contributed by atoms with Crippen molar-refractivity contribution >= 4 is 9.84 Å². The van der Waals surface area contributed by atoms with Gasteiger partial charge in [0.1, 0.15) is 0 Å². The van der Waals surface area contributed by atoms with Crippen LogP contribution in [-0.4, -0.2) is 30.2 Å². The van der Waals surface area contributed by atoms with Crippen LogP contribution in [0.2, 0.25) is 0 Å². The lowest BCUT2D eigenvalue weighted by Gasteiger charge is -2.18. The second-order valence-electron chi connectivity index (χ2n) is 6.79. The molecule has 2 N–H and O–H groups in total. The average molecular weight is 371 g/mol. The molecular formula is C20H34O4S. The number of hydrogen-bond acceptors (Lipinski definition) is 4. The zero-order valence-electron chi connectivity index (χ0n) is 15.4. The molecule has 0 radical (unpaired) electrons. The van der Waals surface area contributed by atoms with Crippen LogP contribution in [0.15, 0.2) is 35.2 Å². The Hall–Kier alpha value is -0.910. The highest BCUT2D eigenvalue weighted by molar-refractivity contribution is 7.92. The third-order valence-electron chi connectivity index (χ3n) is 4.57. The Bertz CT molecular complexity index is 542. The molecule has 25 heavy (non-hydrogen) atoms. The Morgan fingerprint density at radius 3 is 1.80 bits per heavy atom. The van der Waals surface area contributed by atoms with Crippen LogP contribution in [0.4, 0.5) is 0 Å². The Balaban J connectivity index is 2.18. The van der Waals surface area contributed by atoms with Gasteiger partial charge in [0.15, 0.2) is 5.44 Å². The van der Waals surface area contributed by atoms with Crippen LogP contribution in [0, 0.1) is 0 Å². The van der Waals surface area contributed by atoms with Crippen LogP contribution in [0.25, 0.3) is 0 Å². The summed E-state index contributed by atoms with van der Waals surface area (Å²) >= 11 is 0.